The Bertz CT molecular complexity index is 1210. The zero-order valence-corrected chi connectivity index (χ0v) is 19.6. The van der Waals surface area contributed by atoms with E-state index >= 15 is 0 Å². The Labute approximate surface area is 198 Å². The average molecular weight is 465 g/mol. The molecule has 3 rings (SSSR count). The van der Waals surface area contributed by atoms with Gasteiger partial charge in [0.1, 0.15) is 17.1 Å². The standard InChI is InChI=1S/C26H28N2O6/c1-5-19-16-28(20-8-10-23(26(30)32-6-2)25(14-20)34-17-31-4)24-15-21(9-11-22(19)24)33-13-7-12-27-18(3)29/h1,8-11,14-16H,6-7,12-13,17H2,2-4H3,(H,27,29). The summed E-state index contributed by atoms with van der Waals surface area (Å²) in [7, 11) is 1.50. The normalized spacial score (nSPS) is 10.5. The van der Waals surface area contributed by atoms with Crippen molar-refractivity contribution in [3.8, 4) is 29.5 Å². The van der Waals surface area contributed by atoms with Crippen molar-refractivity contribution in [2.45, 2.75) is 20.3 Å². The van der Waals surface area contributed by atoms with Crippen LogP contribution in [0.25, 0.3) is 16.6 Å². The van der Waals surface area contributed by atoms with Crippen LogP contribution < -0.4 is 14.8 Å². The summed E-state index contributed by atoms with van der Waals surface area (Å²) in [6.45, 7) is 4.47. The predicted molar refractivity (Wildman–Crippen MR) is 128 cm³/mol. The van der Waals surface area contributed by atoms with E-state index in [-0.39, 0.29) is 19.3 Å². The number of hydrogen-bond donors (Lipinski definition) is 1. The van der Waals surface area contributed by atoms with E-state index in [1.807, 2.05) is 29.0 Å². The number of nitrogens with one attached hydrogen (secondary N) is 1. The van der Waals surface area contributed by atoms with E-state index in [2.05, 4.69) is 11.2 Å². The van der Waals surface area contributed by atoms with Crippen molar-refractivity contribution in [3.63, 3.8) is 0 Å². The first-order chi connectivity index (χ1) is 16.5. The second-order valence-corrected chi connectivity index (χ2v) is 7.37. The van der Waals surface area contributed by atoms with Crippen LogP contribution in [0, 0.1) is 12.3 Å². The van der Waals surface area contributed by atoms with Crippen molar-refractivity contribution in [1.82, 2.24) is 9.88 Å². The Hall–Kier alpha value is -3.96. The second-order valence-electron chi connectivity index (χ2n) is 7.37. The maximum Gasteiger partial charge on any atom is 0.341 e. The molecule has 0 fully saturated rings. The molecule has 1 heterocycles. The van der Waals surface area contributed by atoms with Crippen LogP contribution in [0.1, 0.15) is 36.2 Å². The smallest absolute Gasteiger partial charge is 0.341 e. The van der Waals surface area contributed by atoms with E-state index in [9.17, 15) is 9.59 Å². The van der Waals surface area contributed by atoms with Gasteiger partial charge in [-0.2, -0.15) is 0 Å². The summed E-state index contributed by atoms with van der Waals surface area (Å²) in [6, 6.07) is 10.9. The molecule has 0 aliphatic rings. The molecule has 1 N–H and O–H groups in total. The lowest BCUT2D eigenvalue weighted by atomic mass is 10.1. The first-order valence-electron chi connectivity index (χ1n) is 10.9. The fourth-order valence-corrected chi connectivity index (χ4v) is 3.43. The van der Waals surface area contributed by atoms with Crippen LogP contribution in [0.4, 0.5) is 0 Å². The minimum atomic E-state index is -0.475. The highest BCUT2D eigenvalue weighted by atomic mass is 16.7. The van der Waals surface area contributed by atoms with Gasteiger partial charge < -0.3 is 28.8 Å². The molecule has 34 heavy (non-hydrogen) atoms. The highest BCUT2D eigenvalue weighted by Gasteiger charge is 2.17. The van der Waals surface area contributed by atoms with Crippen LogP contribution in [0.5, 0.6) is 11.5 Å². The molecular weight excluding hydrogens is 436 g/mol. The summed E-state index contributed by atoms with van der Waals surface area (Å²) in [5.41, 5.74) is 2.61. The topological polar surface area (TPSA) is 88.0 Å². The lowest BCUT2D eigenvalue weighted by Crippen LogP contribution is -2.22. The number of amides is 1. The number of hydrogen-bond acceptors (Lipinski definition) is 6. The molecule has 0 radical (unpaired) electrons. The summed E-state index contributed by atoms with van der Waals surface area (Å²) in [5, 5.41) is 3.63. The van der Waals surface area contributed by atoms with Gasteiger partial charge in [-0.1, -0.05) is 5.92 Å². The van der Waals surface area contributed by atoms with Gasteiger partial charge >= 0.3 is 5.97 Å². The molecule has 0 aliphatic heterocycles. The van der Waals surface area contributed by atoms with E-state index in [0.717, 1.165) is 22.2 Å². The number of aromatic nitrogens is 1. The molecule has 0 spiro atoms. The SMILES string of the molecule is C#Cc1cn(-c2ccc(C(=O)OCC)c(OCOC)c2)c2cc(OCCCNC(C)=O)ccc12. The number of ether oxygens (including phenoxy) is 4. The first-order valence-corrected chi connectivity index (χ1v) is 10.9. The number of benzene rings is 2. The van der Waals surface area contributed by atoms with Crippen molar-refractivity contribution in [1.29, 1.82) is 0 Å². The fraction of sp³-hybridized carbons (Fsp3) is 0.308. The van der Waals surface area contributed by atoms with E-state index in [0.29, 0.717) is 36.6 Å². The molecule has 1 amide bonds. The van der Waals surface area contributed by atoms with Crippen LogP contribution >= 0.6 is 0 Å². The molecule has 0 saturated heterocycles. The van der Waals surface area contributed by atoms with Gasteiger partial charge in [0.05, 0.1) is 24.3 Å². The first kappa shape index (κ1) is 24.7. The van der Waals surface area contributed by atoms with E-state index in [1.54, 1.807) is 25.1 Å². The van der Waals surface area contributed by atoms with Gasteiger partial charge in [-0.15, -0.1) is 6.42 Å². The molecule has 2 aromatic carbocycles. The molecule has 1 aromatic heterocycles. The van der Waals surface area contributed by atoms with Crippen LogP contribution in [0.2, 0.25) is 0 Å². The van der Waals surface area contributed by atoms with Crippen molar-refractivity contribution in [2.75, 3.05) is 33.7 Å². The van der Waals surface area contributed by atoms with E-state index in [4.69, 9.17) is 25.4 Å². The quantitative estimate of drug-likeness (QED) is 0.202. The van der Waals surface area contributed by atoms with Crippen molar-refractivity contribution in [2.24, 2.45) is 0 Å². The van der Waals surface area contributed by atoms with Crippen LogP contribution in [-0.2, 0) is 14.3 Å². The fourth-order valence-electron chi connectivity index (χ4n) is 3.43. The number of rotatable bonds is 11. The number of carbonyl (C=O) groups excluding carboxylic acids is 2. The lowest BCUT2D eigenvalue weighted by molar-refractivity contribution is -0.118. The molecule has 0 saturated carbocycles. The molecule has 3 aromatic rings. The van der Waals surface area contributed by atoms with Crippen LogP contribution in [0.15, 0.2) is 42.6 Å². The van der Waals surface area contributed by atoms with E-state index in [1.165, 1.54) is 14.0 Å². The Kier molecular flexibility index (Phi) is 8.54. The number of fused-ring (bicyclic) bond motifs is 1. The maximum atomic E-state index is 12.4. The van der Waals surface area contributed by atoms with Crippen molar-refractivity contribution >= 4 is 22.8 Å². The van der Waals surface area contributed by atoms with Gasteiger partial charge in [0, 0.05) is 50.0 Å². The van der Waals surface area contributed by atoms with Crippen molar-refractivity contribution < 1.29 is 28.5 Å². The third kappa shape index (κ3) is 5.88. The zero-order valence-electron chi connectivity index (χ0n) is 19.6. The Morgan fingerprint density at radius 2 is 1.97 bits per heavy atom. The van der Waals surface area contributed by atoms with Gasteiger partial charge in [-0.05, 0) is 37.6 Å². The molecule has 0 unspecified atom stereocenters. The van der Waals surface area contributed by atoms with Crippen molar-refractivity contribution in [3.05, 3.63) is 53.7 Å². The van der Waals surface area contributed by atoms with Gasteiger partial charge in [0.15, 0.2) is 6.79 Å². The van der Waals surface area contributed by atoms with Gasteiger partial charge in [0.2, 0.25) is 5.91 Å². The molecule has 8 heteroatoms. The van der Waals surface area contributed by atoms with Crippen LogP contribution in [-0.4, -0.2) is 50.1 Å². The molecule has 0 atom stereocenters. The van der Waals surface area contributed by atoms with Crippen LogP contribution in [0.3, 0.4) is 0 Å². The molecule has 8 nitrogen and oxygen atoms in total. The zero-order chi connectivity index (χ0) is 24.5. The summed E-state index contributed by atoms with van der Waals surface area (Å²) in [6.07, 6.45) is 8.28. The molecular formula is C26H28N2O6. The van der Waals surface area contributed by atoms with Gasteiger partial charge in [-0.3, -0.25) is 4.79 Å². The maximum absolute atomic E-state index is 12.4. The highest BCUT2D eigenvalue weighted by molar-refractivity contribution is 5.93. The largest absolute Gasteiger partial charge is 0.493 e. The highest BCUT2D eigenvalue weighted by Crippen LogP contribution is 2.31. The molecule has 0 bridgehead atoms. The van der Waals surface area contributed by atoms with Gasteiger partial charge in [-0.25, -0.2) is 4.79 Å². The Morgan fingerprint density at radius 1 is 1.15 bits per heavy atom. The number of nitrogens with zero attached hydrogens (tertiary/aromatic N) is 1. The van der Waals surface area contributed by atoms with Gasteiger partial charge in [0.25, 0.3) is 0 Å². The monoisotopic (exact) mass is 464 g/mol. The summed E-state index contributed by atoms with van der Waals surface area (Å²) in [5.74, 6) is 3.20. The summed E-state index contributed by atoms with van der Waals surface area (Å²) < 4.78 is 23.6. The predicted octanol–water partition coefficient (Wildman–Crippen LogP) is 3.68. The number of terminal acetylenes is 1. The summed E-state index contributed by atoms with van der Waals surface area (Å²) in [4.78, 5) is 23.3. The third-order valence-electron chi connectivity index (χ3n) is 4.97. The van der Waals surface area contributed by atoms with E-state index < -0.39 is 5.97 Å². The Morgan fingerprint density at radius 3 is 2.68 bits per heavy atom. The molecule has 178 valence electrons. The summed E-state index contributed by atoms with van der Waals surface area (Å²) >= 11 is 0. The second kappa shape index (κ2) is 11.8. The Balaban J connectivity index is 1.95. The number of esters is 1. The minimum Gasteiger partial charge on any atom is -0.493 e. The lowest BCUT2D eigenvalue weighted by Gasteiger charge is -2.13. The number of methoxy groups -OCH3 is 1. The average Bonchev–Trinajstić information content (AvgIpc) is 3.20. The minimum absolute atomic E-state index is 0.0195. The third-order valence-corrected chi connectivity index (χ3v) is 4.97. The number of carbonyl (C=O) groups is 2. The molecule has 0 aliphatic carbocycles.